The van der Waals surface area contributed by atoms with E-state index < -0.39 is 6.10 Å². The standard InChI is InChI=1S/C13H20ClNO2/c1-9-4-11(14)5-10(2)13(9)7-15-6-12(16)8-17-3/h4-5,12,15-16H,6-8H2,1-3H3. The summed E-state index contributed by atoms with van der Waals surface area (Å²) in [5, 5.41) is 13.5. The maximum atomic E-state index is 9.50. The third kappa shape index (κ3) is 4.64. The molecule has 0 bridgehead atoms. The minimum Gasteiger partial charge on any atom is -0.389 e. The fourth-order valence-electron chi connectivity index (χ4n) is 1.83. The van der Waals surface area contributed by atoms with Gasteiger partial charge < -0.3 is 15.2 Å². The monoisotopic (exact) mass is 257 g/mol. The number of aryl methyl sites for hydroxylation is 2. The molecule has 17 heavy (non-hydrogen) atoms. The predicted octanol–water partition coefficient (Wildman–Crippen LogP) is 2.05. The van der Waals surface area contributed by atoms with Crippen LogP contribution < -0.4 is 5.32 Å². The van der Waals surface area contributed by atoms with Gasteiger partial charge in [0.15, 0.2) is 0 Å². The molecule has 1 aromatic carbocycles. The zero-order valence-corrected chi connectivity index (χ0v) is 11.3. The highest BCUT2D eigenvalue weighted by Crippen LogP contribution is 2.19. The Bertz CT molecular complexity index is 345. The molecular formula is C13H20ClNO2. The number of hydrogen-bond acceptors (Lipinski definition) is 3. The molecule has 0 aromatic heterocycles. The van der Waals surface area contributed by atoms with Gasteiger partial charge in [-0.2, -0.15) is 0 Å². The quantitative estimate of drug-likeness (QED) is 0.820. The molecule has 1 rings (SSSR count). The summed E-state index contributed by atoms with van der Waals surface area (Å²) >= 11 is 5.97. The Balaban J connectivity index is 2.52. The van der Waals surface area contributed by atoms with Gasteiger partial charge in [0.1, 0.15) is 0 Å². The lowest BCUT2D eigenvalue weighted by Gasteiger charge is -2.14. The topological polar surface area (TPSA) is 41.5 Å². The molecule has 1 atom stereocenters. The number of methoxy groups -OCH3 is 1. The molecule has 1 aromatic rings. The summed E-state index contributed by atoms with van der Waals surface area (Å²) in [6.45, 7) is 5.69. The lowest BCUT2D eigenvalue weighted by atomic mass is 10.0. The molecule has 0 saturated heterocycles. The van der Waals surface area contributed by atoms with E-state index in [1.54, 1.807) is 7.11 Å². The van der Waals surface area contributed by atoms with Gasteiger partial charge in [-0.05, 0) is 42.7 Å². The molecule has 96 valence electrons. The van der Waals surface area contributed by atoms with Gasteiger partial charge in [-0.3, -0.25) is 0 Å². The van der Waals surface area contributed by atoms with Crippen LogP contribution in [0.25, 0.3) is 0 Å². The van der Waals surface area contributed by atoms with Crippen molar-refractivity contribution in [2.75, 3.05) is 20.3 Å². The average Bonchev–Trinajstić information content (AvgIpc) is 2.22. The summed E-state index contributed by atoms with van der Waals surface area (Å²) in [5.74, 6) is 0. The van der Waals surface area contributed by atoms with Gasteiger partial charge in [-0.1, -0.05) is 11.6 Å². The van der Waals surface area contributed by atoms with Gasteiger partial charge in [0.05, 0.1) is 12.7 Å². The largest absolute Gasteiger partial charge is 0.389 e. The van der Waals surface area contributed by atoms with Crippen molar-refractivity contribution in [3.05, 3.63) is 33.8 Å². The third-order valence-electron chi connectivity index (χ3n) is 2.70. The second kappa shape index (κ2) is 6.97. The minimum atomic E-state index is -0.465. The van der Waals surface area contributed by atoms with Crippen LogP contribution in [0.15, 0.2) is 12.1 Å². The highest BCUT2D eigenvalue weighted by atomic mass is 35.5. The molecule has 4 heteroatoms. The zero-order valence-electron chi connectivity index (χ0n) is 10.6. The molecule has 2 N–H and O–H groups in total. The summed E-state index contributed by atoms with van der Waals surface area (Å²) < 4.78 is 4.86. The average molecular weight is 258 g/mol. The predicted molar refractivity (Wildman–Crippen MR) is 70.5 cm³/mol. The van der Waals surface area contributed by atoms with Gasteiger partial charge in [0.2, 0.25) is 0 Å². The lowest BCUT2D eigenvalue weighted by molar-refractivity contribution is 0.0644. The summed E-state index contributed by atoms with van der Waals surface area (Å²) in [4.78, 5) is 0. The summed E-state index contributed by atoms with van der Waals surface area (Å²) in [7, 11) is 1.58. The number of aliphatic hydroxyl groups is 1. The Morgan fingerprint density at radius 1 is 1.35 bits per heavy atom. The Labute approximate surface area is 108 Å². The van der Waals surface area contributed by atoms with Crippen molar-refractivity contribution >= 4 is 11.6 Å². The summed E-state index contributed by atoms with van der Waals surface area (Å²) in [6.07, 6.45) is -0.465. The first-order valence-electron chi connectivity index (χ1n) is 5.68. The van der Waals surface area contributed by atoms with Crippen molar-refractivity contribution in [3.8, 4) is 0 Å². The SMILES string of the molecule is COCC(O)CNCc1c(C)cc(Cl)cc1C. The Hall–Kier alpha value is -0.610. The molecule has 0 aliphatic carbocycles. The molecule has 0 heterocycles. The molecule has 0 aliphatic heterocycles. The normalized spacial score (nSPS) is 12.8. The maximum absolute atomic E-state index is 9.50. The number of rotatable bonds is 6. The van der Waals surface area contributed by atoms with E-state index in [9.17, 15) is 5.11 Å². The Kier molecular flexibility index (Phi) is 5.92. The van der Waals surface area contributed by atoms with Crippen molar-refractivity contribution in [2.45, 2.75) is 26.5 Å². The maximum Gasteiger partial charge on any atom is 0.0897 e. The van der Waals surface area contributed by atoms with Gasteiger partial charge in [-0.25, -0.2) is 0 Å². The Morgan fingerprint density at radius 2 is 1.94 bits per heavy atom. The highest BCUT2D eigenvalue weighted by Gasteiger charge is 2.06. The van der Waals surface area contributed by atoms with Crippen LogP contribution in [0.4, 0.5) is 0 Å². The van der Waals surface area contributed by atoms with E-state index in [1.165, 1.54) is 16.7 Å². The molecule has 3 nitrogen and oxygen atoms in total. The first-order chi connectivity index (χ1) is 8.04. The van der Waals surface area contributed by atoms with Crippen molar-refractivity contribution in [2.24, 2.45) is 0 Å². The second-order valence-electron chi connectivity index (χ2n) is 4.26. The van der Waals surface area contributed by atoms with E-state index in [4.69, 9.17) is 16.3 Å². The first kappa shape index (κ1) is 14.5. The van der Waals surface area contributed by atoms with Crippen LogP contribution in [0.3, 0.4) is 0 Å². The first-order valence-corrected chi connectivity index (χ1v) is 6.05. The number of hydrogen-bond donors (Lipinski definition) is 2. The lowest BCUT2D eigenvalue weighted by Crippen LogP contribution is -2.30. The fraction of sp³-hybridized carbons (Fsp3) is 0.538. The van der Waals surface area contributed by atoms with Crippen molar-refractivity contribution in [1.29, 1.82) is 0 Å². The molecule has 0 radical (unpaired) electrons. The van der Waals surface area contributed by atoms with Crippen LogP contribution >= 0.6 is 11.6 Å². The van der Waals surface area contributed by atoms with Crippen LogP contribution in [0.5, 0.6) is 0 Å². The van der Waals surface area contributed by atoms with Gasteiger partial charge in [0.25, 0.3) is 0 Å². The van der Waals surface area contributed by atoms with Gasteiger partial charge >= 0.3 is 0 Å². The van der Waals surface area contributed by atoms with Gasteiger partial charge in [-0.15, -0.1) is 0 Å². The number of nitrogens with one attached hydrogen (secondary N) is 1. The van der Waals surface area contributed by atoms with E-state index >= 15 is 0 Å². The Morgan fingerprint density at radius 3 is 2.47 bits per heavy atom. The van der Waals surface area contributed by atoms with Gasteiger partial charge in [0, 0.05) is 25.2 Å². The molecule has 0 amide bonds. The number of ether oxygens (including phenoxy) is 1. The second-order valence-corrected chi connectivity index (χ2v) is 4.69. The highest BCUT2D eigenvalue weighted by molar-refractivity contribution is 6.30. The van der Waals surface area contributed by atoms with Crippen LogP contribution in [-0.2, 0) is 11.3 Å². The molecular weight excluding hydrogens is 238 g/mol. The molecule has 0 saturated carbocycles. The zero-order chi connectivity index (χ0) is 12.8. The summed E-state index contributed by atoms with van der Waals surface area (Å²) in [6, 6.07) is 3.91. The van der Waals surface area contributed by atoms with Crippen molar-refractivity contribution in [1.82, 2.24) is 5.32 Å². The number of aliphatic hydroxyl groups excluding tert-OH is 1. The van der Waals surface area contributed by atoms with E-state index in [0.717, 1.165) is 11.6 Å². The minimum absolute atomic E-state index is 0.353. The molecule has 0 aliphatic rings. The smallest absolute Gasteiger partial charge is 0.0897 e. The molecule has 0 spiro atoms. The van der Waals surface area contributed by atoms with E-state index in [2.05, 4.69) is 5.32 Å². The van der Waals surface area contributed by atoms with E-state index in [1.807, 2.05) is 26.0 Å². The fourth-order valence-corrected chi connectivity index (χ4v) is 2.16. The van der Waals surface area contributed by atoms with E-state index in [0.29, 0.717) is 13.2 Å². The summed E-state index contributed by atoms with van der Waals surface area (Å²) in [5.41, 5.74) is 3.58. The molecule has 0 fully saturated rings. The van der Waals surface area contributed by atoms with Crippen molar-refractivity contribution in [3.63, 3.8) is 0 Å². The van der Waals surface area contributed by atoms with Crippen molar-refractivity contribution < 1.29 is 9.84 Å². The van der Waals surface area contributed by atoms with Crippen LogP contribution in [0, 0.1) is 13.8 Å². The van der Waals surface area contributed by atoms with Crippen LogP contribution in [-0.4, -0.2) is 31.5 Å². The molecule has 1 unspecified atom stereocenters. The third-order valence-corrected chi connectivity index (χ3v) is 2.92. The van der Waals surface area contributed by atoms with Crippen LogP contribution in [0.2, 0.25) is 5.02 Å². The number of benzene rings is 1. The van der Waals surface area contributed by atoms with E-state index in [-0.39, 0.29) is 0 Å². The van der Waals surface area contributed by atoms with Crippen LogP contribution in [0.1, 0.15) is 16.7 Å². The number of halogens is 1.